The first-order valence-corrected chi connectivity index (χ1v) is 6.94. The Morgan fingerprint density at radius 1 is 1.45 bits per heavy atom. The van der Waals surface area contributed by atoms with Gasteiger partial charge in [-0.3, -0.25) is 14.9 Å². The van der Waals surface area contributed by atoms with E-state index in [1.165, 1.54) is 13.0 Å². The molecule has 1 fully saturated rings. The van der Waals surface area contributed by atoms with E-state index >= 15 is 0 Å². The summed E-state index contributed by atoms with van der Waals surface area (Å²) in [5.74, 6) is 0.999. The van der Waals surface area contributed by atoms with Crippen LogP contribution in [-0.4, -0.2) is 23.8 Å². The van der Waals surface area contributed by atoms with Gasteiger partial charge in [-0.05, 0) is 37.3 Å². The molecule has 5 heteroatoms. The zero-order chi connectivity index (χ0) is 14.9. The summed E-state index contributed by atoms with van der Waals surface area (Å²) in [6, 6.07) is 4.77. The van der Waals surface area contributed by atoms with Gasteiger partial charge in [0.25, 0.3) is 5.69 Å². The monoisotopic (exact) mass is 276 g/mol. The Hall–Kier alpha value is -1.91. The average molecular weight is 276 g/mol. The summed E-state index contributed by atoms with van der Waals surface area (Å²) >= 11 is 0. The molecule has 0 amide bonds. The molecule has 0 N–H and O–H groups in total. The molecule has 1 aromatic rings. The van der Waals surface area contributed by atoms with Gasteiger partial charge in [0.15, 0.2) is 5.78 Å². The number of ketones is 1. The fourth-order valence-electron chi connectivity index (χ4n) is 2.71. The van der Waals surface area contributed by atoms with E-state index in [-0.39, 0.29) is 11.5 Å². The van der Waals surface area contributed by atoms with Gasteiger partial charge in [-0.2, -0.15) is 0 Å². The van der Waals surface area contributed by atoms with Crippen LogP contribution >= 0.6 is 0 Å². The Morgan fingerprint density at radius 2 is 2.15 bits per heavy atom. The molecule has 108 valence electrons. The maximum atomic E-state index is 11.4. The zero-order valence-electron chi connectivity index (χ0n) is 12.1. The van der Waals surface area contributed by atoms with Crippen LogP contribution in [0.2, 0.25) is 0 Å². The maximum absolute atomic E-state index is 11.4. The molecular formula is C15H20N2O3. The smallest absolute Gasteiger partial charge is 0.293 e. The van der Waals surface area contributed by atoms with Crippen LogP contribution in [0, 0.1) is 22.0 Å². The number of hydrogen-bond donors (Lipinski definition) is 0. The number of nitrogens with zero attached hydrogens (tertiary/aromatic N) is 2. The van der Waals surface area contributed by atoms with E-state index in [1.54, 1.807) is 12.1 Å². The molecule has 1 atom stereocenters. The Labute approximate surface area is 118 Å². The minimum atomic E-state index is -0.398. The lowest BCUT2D eigenvalue weighted by Gasteiger charge is -2.20. The lowest BCUT2D eigenvalue weighted by atomic mass is 9.95. The third-order valence-corrected chi connectivity index (χ3v) is 4.09. The third kappa shape index (κ3) is 2.81. The van der Waals surface area contributed by atoms with E-state index in [1.807, 2.05) is 0 Å². The van der Waals surface area contributed by atoms with Crippen molar-refractivity contribution < 1.29 is 9.72 Å². The minimum Gasteiger partial charge on any atom is -0.366 e. The van der Waals surface area contributed by atoms with Crippen molar-refractivity contribution in [2.45, 2.75) is 27.2 Å². The number of carbonyl (C=O) groups is 1. The molecule has 1 heterocycles. The Kier molecular flexibility index (Phi) is 4.06. The van der Waals surface area contributed by atoms with Crippen LogP contribution in [0.25, 0.3) is 0 Å². The van der Waals surface area contributed by atoms with E-state index in [2.05, 4.69) is 18.7 Å². The fourth-order valence-corrected chi connectivity index (χ4v) is 2.71. The molecular weight excluding hydrogens is 256 g/mol. The zero-order valence-corrected chi connectivity index (χ0v) is 12.1. The van der Waals surface area contributed by atoms with Gasteiger partial charge in [-0.1, -0.05) is 13.8 Å². The van der Waals surface area contributed by atoms with Gasteiger partial charge >= 0.3 is 0 Å². The summed E-state index contributed by atoms with van der Waals surface area (Å²) in [5.41, 5.74) is 1.05. The van der Waals surface area contributed by atoms with E-state index in [0.29, 0.717) is 23.1 Å². The van der Waals surface area contributed by atoms with Crippen molar-refractivity contribution in [1.29, 1.82) is 0 Å². The number of carbonyl (C=O) groups excluding carboxylic acids is 1. The Balaban J connectivity index is 2.32. The van der Waals surface area contributed by atoms with Crippen molar-refractivity contribution in [2.75, 3.05) is 18.0 Å². The topological polar surface area (TPSA) is 63.5 Å². The van der Waals surface area contributed by atoms with Crippen LogP contribution in [-0.2, 0) is 0 Å². The van der Waals surface area contributed by atoms with Crippen LogP contribution in [0.3, 0.4) is 0 Å². The molecule has 0 bridgehead atoms. The molecule has 2 rings (SSSR count). The van der Waals surface area contributed by atoms with E-state index in [0.717, 1.165) is 19.5 Å². The molecule has 1 unspecified atom stereocenters. The second kappa shape index (κ2) is 5.61. The number of nitro groups is 1. The van der Waals surface area contributed by atoms with Crippen molar-refractivity contribution in [3.8, 4) is 0 Å². The lowest BCUT2D eigenvalue weighted by molar-refractivity contribution is -0.384. The van der Waals surface area contributed by atoms with Crippen LogP contribution in [0.1, 0.15) is 37.6 Å². The molecule has 0 aliphatic carbocycles. The molecule has 5 nitrogen and oxygen atoms in total. The molecule has 0 radical (unpaired) electrons. The molecule has 1 aromatic carbocycles. The number of hydrogen-bond acceptors (Lipinski definition) is 4. The summed E-state index contributed by atoms with van der Waals surface area (Å²) < 4.78 is 0. The SMILES string of the molecule is CC(=O)c1ccc(N2CCC(C(C)C)C2)c([N+](=O)[O-])c1. The summed E-state index contributed by atoms with van der Waals surface area (Å²) in [5, 5.41) is 11.2. The van der Waals surface area contributed by atoms with Crippen molar-refractivity contribution in [2.24, 2.45) is 11.8 Å². The average Bonchev–Trinajstić information content (AvgIpc) is 2.87. The molecule has 1 saturated heterocycles. The van der Waals surface area contributed by atoms with E-state index in [9.17, 15) is 14.9 Å². The van der Waals surface area contributed by atoms with E-state index in [4.69, 9.17) is 0 Å². The van der Waals surface area contributed by atoms with Crippen molar-refractivity contribution in [3.05, 3.63) is 33.9 Å². The Morgan fingerprint density at radius 3 is 2.65 bits per heavy atom. The first-order valence-electron chi connectivity index (χ1n) is 6.94. The normalized spacial score (nSPS) is 18.6. The fraction of sp³-hybridized carbons (Fsp3) is 0.533. The number of rotatable bonds is 4. The lowest BCUT2D eigenvalue weighted by Crippen LogP contribution is -2.22. The van der Waals surface area contributed by atoms with Crippen LogP contribution in [0.15, 0.2) is 18.2 Å². The summed E-state index contributed by atoms with van der Waals surface area (Å²) in [6.07, 6.45) is 1.06. The number of Topliss-reactive ketones (excluding diaryl/α,β-unsaturated/α-hetero) is 1. The molecule has 0 aromatic heterocycles. The van der Waals surface area contributed by atoms with Gasteiger partial charge in [-0.15, -0.1) is 0 Å². The number of benzene rings is 1. The molecule has 1 aliphatic rings. The van der Waals surface area contributed by atoms with Crippen molar-refractivity contribution in [1.82, 2.24) is 0 Å². The second-order valence-corrected chi connectivity index (χ2v) is 5.76. The predicted molar refractivity (Wildman–Crippen MR) is 78.3 cm³/mol. The highest BCUT2D eigenvalue weighted by molar-refractivity contribution is 5.95. The highest BCUT2D eigenvalue weighted by Crippen LogP contribution is 2.34. The standard InChI is InChI=1S/C15H20N2O3/c1-10(2)13-6-7-16(9-13)14-5-4-12(11(3)18)8-15(14)17(19)20/h4-5,8,10,13H,6-7,9H2,1-3H3. The second-order valence-electron chi connectivity index (χ2n) is 5.76. The summed E-state index contributed by atoms with van der Waals surface area (Å²) in [6.45, 7) is 7.47. The van der Waals surface area contributed by atoms with Crippen LogP contribution < -0.4 is 4.90 Å². The summed E-state index contributed by atoms with van der Waals surface area (Å²) in [4.78, 5) is 24.3. The van der Waals surface area contributed by atoms with Crippen molar-refractivity contribution in [3.63, 3.8) is 0 Å². The first-order chi connectivity index (χ1) is 9.40. The third-order valence-electron chi connectivity index (χ3n) is 4.09. The molecule has 20 heavy (non-hydrogen) atoms. The van der Waals surface area contributed by atoms with Gasteiger partial charge in [-0.25, -0.2) is 0 Å². The molecule has 0 spiro atoms. The highest BCUT2D eigenvalue weighted by atomic mass is 16.6. The van der Waals surface area contributed by atoms with Gasteiger partial charge in [0.05, 0.1) is 4.92 Å². The first kappa shape index (κ1) is 14.5. The summed E-state index contributed by atoms with van der Waals surface area (Å²) in [7, 11) is 0. The molecule has 0 saturated carbocycles. The Bertz CT molecular complexity index is 540. The van der Waals surface area contributed by atoms with Gasteiger partial charge in [0.2, 0.25) is 0 Å². The quantitative estimate of drug-likeness (QED) is 0.481. The van der Waals surface area contributed by atoms with Gasteiger partial charge in [0, 0.05) is 24.7 Å². The largest absolute Gasteiger partial charge is 0.366 e. The van der Waals surface area contributed by atoms with Gasteiger partial charge < -0.3 is 4.90 Å². The van der Waals surface area contributed by atoms with Crippen molar-refractivity contribution >= 4 is 17.2 Å². The number of anilines is 1. The van der Waals surface area contributed by atoms with Gasteiger partial charge in [0.1, 0.15) is 5.69 Å². The minimum absolute atomic E-state index is 0.0297. The maximum Gasteiger partial charge on any atom is 0.293 e. The van der Waals surface area contributed by atoms with Crippen LogP contribution in [0.4, 0.5) is 11.4 Å². The van der Waals surface area contributed by atoms with E-state index < -0.39 is 4.92 Å². The molecule has 1 aliphatic heterocycles. The predicted octanol–water partition coefficient (Wildman–Crippen LogP) is 3.28. The number of nitro benzene ring substituents is 1. The van der Waals surface area contributed by atoms with Crippen LogP contribution in [0.5, 0.6) is 0 Å². The highest BCUT2D eigenvalue weighted by Gasteiger charge is 2.29.